The van der Waals surface area contributed by atoms with Crippen LogP contribution in [0, 0.1) is 11.8 Å². The normalized spacial score (nSPS) is 29.4. The van der Waals surface area contributed by atoms with E-state index in [1.807, 2.05) is 30.3 Å². The van der Waals surface area contributed by atoms with Crippen molar-refractivity contribution in [1.82, 2.24) is 0 Å². The molecule has 0 unspecified atom stereocenters. The van der Waals surface area contributed by atoms with E-state index in [9.17, 15) is 20.1 Å². The van der Waals surface area contributed by atoms with E-state index in [4.69, 9.17) is 10.6 Å². The number of aliphatic hydroxyl groups excluding tert-OH is 3. The first-order valence-corrected chi connectivity index (χ1v) is 9.59. The minimum atomic E-state index is -2.59. The summed E-state index contributed by atoms with van der Waals surface area (Å²) in [6.45, 7) is 0. The topological polar surface area (TPSA) is 98.0 Å². The number of hydrogen-bond donors (Lipinski definition) is 4. The summed E-state index contributed by atoms with van der Waals surface area (Å²) in [5, 5.41) is 39.7. The standard InChI is InChI=1S/C23H32O5/c24-18(13-12-17-8-4-3-5-9-17)14-15-20-19(21(25)16-22(20)26)10-6-1-2-7-11-23(27)28/h1,3-6,8-9,14-15,18-22,24-26H,2,7,10-13,16H2,(H,27,28)/b6-1+,15-14+/t18-,19+,20+,21-,22+/m0/s1/i2D2,7D2. The lowest BCUT2D eigenvalue weighted by molar-refractivity contribution is -0.137. The highest BCUT2D eigenvalue weighted by Crippen LogP contribution is 2.36. The molecule has 1 aliphatic carbocycles. The van der Waals surface area contributed by atoms with Crippen LogP contribution in [0.4, 0.5) is 0 Å². The molecule has 4 N–H and O–H groups in total. The molecule has 5 heteroatoms. The number of carboxylic acid groups (broad SMARTS) is 1. The largest absolute Gasteiger partial charge is 0.481 e. The van der Waals surface area contributed by atoms with Crippen molar-refractivity contribution in [2.24, 2.45) is 11.8 Å². The maximum atomic E-state index is 10.8. The van der Waals surface area contributed by atoms with Gasteiger partial charge in [-0.25, -0.2) is 0 Å². The first kappa shape index (κ1) is 17.0. The molecule has 1 saturated carbocycles. The van der Waals surface area contributed by atoms with Crippen molar-refractivity contribution in [3.63, 3.8) is 0 Å². The molecule has 0 saturated heterocycles. The Morgan fingerprint density at radius 2 is 1.96 bits per heavy atom. The van der Waals surface area contributed by atoms with Gasteiger partial charge < -0.3 is 20.4 Å². The second kappa shape index (κ2) is 11.8. The minimum Gasteiger partial charge on any atom is -0.481 e. The summed E-state index contributed by atoms with van der Waals surface area (Å²) in [7, 11) is 0. The Morgan fingerprint density at radius 3 is 2.68 bits per heavy atom. The summed E-state index contributed by atoms with van der Waals surface area (Å²) in [4.78, 5) is 10.8. The van der Waals surface area contributed by atoms with Crippen molar-refractivity contribution in [1.29, 1.82) is 0 Å². The molecule has 2 rings (SSSR count). The molecule has 0 amide bonds. The number of rotatable bonds is 11. The minimum absolute atomic E-state index is 0.153. The lowest BCUT2D eigenvalue weighted by Gasteiger charge is -2.19. The van der Waals surface area contributed by atoms with Crippen LogP contribution >= 0.6 is 0 Å². The summed E-state index contributed by atoms with van der Waals surface area (Å²) in [6, 6.07) is 9.75. The molecule has 0 radical (unpaired) electrons. The lowest BCUT2D eigenvalue weighted by atomic mass is 9.89. The quantitative estimate of drug-likeness (QED) is 0.434. The number of allylic oxidation sites excluding steroid dienone is 2. The molecule has 28 heavy (non-hydrogen) atoms. The average Bonchev–Trinajstić information content (AvgIpc) is 2.97. The lowest BCUT2D eigenvalue weighted by Crippen LogP contribution is -2.20. The summed E-state index contributed by atoms with van der Waals surface area (Å²) < 4.78 is 31.2. The Kier molecular flexibility index (Phi) is 7.14. The van der Waals surface area contributed by atoms with Crippen LogP contribution in [-0.2, 0) is 11.2 Å². The second-order valence-electron chi connectivity index (χ2n) is 7.12. The van der Waals surface area contributed by atoms with Crippen LogP contribution < -0.4 is 0 Å². The third-order valence-electron chi connectivity index (χ3n) is 4.99. The van der Waals surface area contributed by atoms with Crippen molar-refractivity contribution in [2.75, 3.05) is 0 Å². The molecule has 0 aromatic heterocycles. The molecule has 5 atom stereocenters. The molecule has 1 fully saturated rings. The maximum absolute atomic E-state index is 10.8. The van der Waals surface area contributed by atoms with Gasteiger partial charge in [0.15, 0.2) is 0 Å². The van der Waals surface area contributed by atoms with Crippen LogP contribution in [0.3, 0.4) is 0 Å². The molecule has 0 aliphatic heterocycles. The Hall–Kier alpha value is -1.95. The number of hydrogen-bond acceptors (Lipinski definition) is 4. The third-order valence-corrected chi connectivity index (χ3v) is 4.99. The number of carbonyl (C=O) groups is 1. The zero-order valence-electron chi connectivity index (χ0n) is 19.8. The van der Waals surface area contributed by atoms with E-state index in [-0.39, 0.29) is 12.8 Å². The number of aryl methyl sites for hydroxylation is 1. The number of carboxylic acids is 1. The average molecular weight is 393 g/mol. The molecule has 1 aromatic rings. The maximum Gasteiger partial charge on any atom is 0.303 e. The smallest absolute Gasteiger partial charge is 0.303 e. The monoisotopic (exact) mass is 392 g/mol. The van der Waals surface area contributed by atoms with Gasteiger partial charge in [-0.15, -0.1) is 0 Å². The SMILES string of the molecule is [2H]C([2H])(/C=C/C[C@@H]1[C@@H](/C=C/[C@@H](O)CCc2ccccc2)[C@H](O)C[C@@H]1O)C([2H])([2H])CC(=O)O. The Balaban J connectivity index is 1.98. The number of aliphatic hydroxyl groups is 3. The van der Waals surface area contributed by atoms with Crippen molar-refractivity contribution < 1.29 is 30.7 Å². The van der Waals surface area contributed by atoms with Crippen LogP contribution in [-0.4, -0.2) is 44.7 Å². The fourth-order valence-corrected chi connectivity index (χ4v) is 3.49. The van der Waals surface area contributed by atoms with E-state index in [2.05, 4.69) is 0 Å². The van der Waals surface area contributed by atoms with Crippen molar-refractivity contribution in [2.45, 2.75) is 63.2 Å². The summed E-state index contributed by atoms with van der Waals surface area (Å²) in [5.41, 5.74) is 1.11. The van der Waals surface area contributed by atoms with Crippen LogP contribution in [0.5, 0.6) is 0 Å². The van der Waals surface area contributed by atoms with E-state index in [1.54, 1.807) is 12.2 Å². The van der Waals surface area contributed by atoms with Gasteiger partial charge in [0.05, 0.1) is 18.3 Å². The Labute approximate surface area is 172 Å². The molecular formula is C23H32O5. The van der Waals surface area contributed by atoms with Crippen LogP contribution in [0.2, 0.25) is 0 Å². The first-order chi connectivity index (χ1) is 14.9. The predicted octanol–water partition coefficient (Wildman–Crippen LogP) is 3.10. The van der Waals surface area contributed by atoms with Gasteiger partial charge in [-0.1, -0.05) is 54.6 Å². The van der Waals surface area contributed by atoms with Gasteiger partial charge in [-0.3, -0.25) is 4.79 Å². The zero-order chi connectivity index (χ0) is 23.9. The molecule has 1 aliphatic rings. The van der Waals surface area contributed by atoms with Crippen LogP contribution in [0.25, 0.3) is 0 Å². The molecule has 5 nitrogen and oxygen atoms in total. The number of aliphatic carboxylic acids is 1. The van der Waals surface area contributed by atoms with Gasteiger partial charge in [0.1, 0.15) is 0 Å². The molecular weight excluding hydrogens is 356 g/mol. The van der Waals surface area contributed by atoms with E-state index >= 15 is 0 Å². The van der Waals surface area contributed by atoms with Gasteiger partial charge in [0, 0.05) is 24.2 Å². The van der Waals surface area contributed by atoms with E-state index in [1.165, 1.54) is 6.08 Å². The summed E-state index contributed by atoms with van der Waals surface area (Å²) in [6.07, 6.45) is -1.21. The van der Waals surface area contributed by atoms with Crippen LogP contribution in [0.1, 0.15) is 49.5 Å². The summed E-state index contributed by atoms with van der Waals surface area (Å²) >= 11 is 0. The molecule has 154 valence electrons. The first-order valence-electron chi connectivity index (χ1n) is 11.6. The Morgan fingerprint density at radius 1 is 1.21 bits per heavy atom. The highest BCUT2D eigenvalue weighted by molar-refractivity contribution is 5.66. The van der Waals surface area contributed by atoms with Crippen LogP contribution in [0.15, 0.2) is 54.6 Å². The van der Waals surface area contributed by atoms with Crippen molar-refractivity contribution in [3.8, 4) is 0 Å². The fraction of sp³-hybridized carbons (Fsp3) is 0.522. The van der Waals surface area contributed by atoms with Crippen molar-refractivity contribution >= 4 is 5.97 Å². The van der Waals surface area contributed by atoms with E-state index in [0.717, 1.165) is 11.6 Å². The zero-order valence-corrected chi connectivity index (χ0v) is 15.8. The van der Waals surface area contributed by atoms with Crippen molar-refractivity contribution in [3.05, 3.63) is 60.2 Å². The van der Waals surface area contributed by atoms with E-state index in [0.29, 0.717) is 12.8 Å². The molecule has 0 heterocycles. The van der Waals surface area contributed by atoms with Gasteiger partial charge in [-0.05, 0) is 43.5 Å². The fourth-order valence-electron chi connectivity index (χ4n) is 3.49. The summed E-state index contributed by atoms with van der Waals surface area (Å²) in [5.74, 6) is -2.31. The predicted molar refractivity (Wildman–Crippen MR) is 109 cm³/mol. The van der Waals surface area contributed by atoms with Gasteiger partial charge in [0.25, 0.3) is 0 Å². The van der Waals surface area contributed by atoms with Gasteiger partial charge in [-0.2, -0.15) is 0 Å². The third kappa shape index (κ3) is 7.58. The highest BCUT2D eigenvalue weighted by Gasteiger charge is 2.39. The molecule has 0 spiro atoms. The Bertz CT molecular complexity index is 797. The molecule has 0 bridgehead atoms. The molecule has 1 aromatic carbocycles. The second-order valence-corrected chi connectivity index (χ2v) is 7.12. The van der Waals surface area contributed by atoms with Gasteiger partial charge >= 0.3 is 5.97 Å². The van der Waals surface area contributed by atoms with E-state index < -0.39 is 55.3 Å². The van der Waals surface area contributed by atoms with Gasteiger partial charge in [0.2, 0.25) is 0 Å². The highest BCUT2D eigenvalue weighted by atomic mass is 16.4. The number of benzene rings is 1.